The molecule has 1 heterocycles. The van der Waals surface area contributed by atoms with Crippen LogP contribution in [0.25, 0.3) is 0 Å². The Morgan fingerprint density at radius 2 is 1.82 bits per heavy atom. The highest BCUT2D eigenvalue weighted by Gasteiger charge is 2.47. The van der Waals surface area contributed by atoms with Crippen molar-refractivity contribution in [1.29, 1.82) is 0 Å². The Hall–Kier alpha value is -0.970. The third-order valence-corrected chi connectivity index (χ3v) is 4.71. The van der Waals surface area contributed by atoms with E-state index in [1.165, 1.54) is 0 Å². The van der Waals surface area contributed by atoms with Crippen LogP contribution in [0.5, 0.6) is 0 Å². The van der Waals surface area contributed by atoms with E-state index in [9.17, 15) is 9.59 Å². The van der Waals surface area contributed by atoms with Crippen LogP contribution in [-0.2, 0) is 9.59 Å². The lowest BCUT2D eigenvalue weighted by Gasteiger charge is -2.15. The van der Waals surface area contributed by atoms with E-state index in [-0.39, 0.29) is 30.2 Å². The third kappa shape index (κ3) is 3.50. The van der Waals surface area contributed by atoms with Crippen LogP contribution >= 0.6 is 35.6 Å². The van der Waals surface area contributed by atoms with E-state index in [0.717, 1.165) is 12.0 Å². The molecule has 3 rings (SSSR count). The van der Waals surface area contributed by atoms with Gasteiger partial charge in [0.25, 0.3) is 0 Å². The van der Waals surface area contributed by atoms with Gasteiger partial charge in [0.05, 0.1) is 5.92 Å². The van der Waals surface area contributed by atoms with E-state index < -0.39 is 11.9 Å². The van der Waals surface area contributed by atoms with Gasteiger partial charge in [-0.1, -0.05) is 23.2 Å². The average molecular weight is 365 g/mol. The number of carbonyl (C=O) groups is 2. The Bertz CT molecular complexity index is 587. The van der Waals surface area contributed by atoms with Crippen LogP contribution in [0.15, 0.2) is 18.2 Å². The summed E-state index contributed by atoms with van der Waals surface area (Å²) < 4.78 is 0. The molecule has 0 spiro atoms. The second-order valence-corrected chi connectivity index (χ2v) is 6.63. The maximum absolute atomic E-state index is 12.4. The van der Waals surface area contributed by atoms with Crippen molar-refractivity contribution in [3.05, 3.63) is 33.8 Å². The molecule has 0 radical (unpaired) electrons. The molecule has 4 nitrogen and oxygen atoms in total. The Kier molecular flexibility index (Phi) is 5.25. The molecule has 1 aliphatic heterocycles. The lowest BCUT2D eigenvalue weighted by atomic mass is 10.1. The van der Waals surface area contributed by atoms with E-state index in [1.807, 2.05) is 12.1 Å². The van der Waals surface area contributed by atoms with Crippen molar-refractivity contribution in [2.75, 3.05) is 13.1 Å². The smallest absolute Gasteiger partial charge is 0.308 e. The summed E-state index contributed by atoms with van der Waals surface area (Å²) in [6, 6.07) is 5.36. The monoisotopic (exact) mass is 363 g/mol. The van der Waals surface area contributed by atoms with E-state index in [0.29, 0.717) is 29.6 Å². The van der Waals surface area contributed by atoms with Crippen LogP contribution in [-0.4, -0.2) is 35.0 Å². The van der Waals surface area contributed by atoms with Gasteiger partial charge in [0, 0.05) is 29.1 Å². The van der Waals surface area contributed by atoms with E-state index in [2.05, 4.69) is 0 Å². The molecule has 3 unspecified atom stereocenters. The minimum atomic E-state index is -0.820. The van der Waals surface area contributed by atoms with Gasteiger partial charge in [0.2, 0.25) is 5.91 Å². The second kappa shape index (κ2) is 6.65. The van der Waals surface area contributed by atoms with Gasteiger partial charge in [-0.3, -0.25) is 9.59 Å². The highest BCUT2D eigenvalue weighted by Crippen LogP contribution is 2.49. The third-order valence-electron chi connectivity index (χ3n) is 4.27. The molecule has 1 saturated heterocycles. The maximum Gasteiger partial charge on any atom is 0.308 e. The largest absolute Gasteiger partial charge is 0.481 e. The minimum Gasteiger partial charge on any atom is -0.481 e. The molecule has 7 heteroatoms. The molecular formula is C15H16Cl3NO3. The quantitative estimate of drug-likeness (QED) is 0.893. The molecule has 22 heavy (non-hydrogen) atoms. The second-order valence-electron chi connectivity index (χ2n) is 5.76. The summed E-state index contributed by atoms with van der Waals surface area (Å²) in [6.45, 7) is 0.864. The average Bonchev–Trinajstić information content (AvgIpc) is 3.05. The van der Waals surface area contributed by atoms with Crippen molar-refractivity contribution in [1.82, 2.24) is 4.90 Å². The van der Waals surface area contributed by atoms with Gasteiger partial charge >= 0.3 is 5.97 Å². The zero-order valence-corrected chi connectivity index (χ0v) is 14.0. The summed E-state index contributed by atoms with van der Waals surface area (Å²) in [4.78, 5) is 25.0. The van der Waals surface area contributed by atoms with Gasteiger partial charge in [0.1, 0.15) is 0 Å². The van der Waals surface area contributed by atoms with Gasteiger partial charge in [-0.25, -0.2) is 0 Å². The first kappa shape index (κ1) is 17.4. The first-order chi connectivity index (χ1) is 9.95. The molecule has 1 aromatic rings. The zero-order chi connectivity index (χ0) is 15.1. The number of aliphatic carboxylic acids is 1. The van der Waals surface area contributed by atoms with Crippen LogP contribution in [0.1, 0.15) is 24.3 Å². The molecule has 1 aliphatic carbocycles. The summed E-state index contributed by atoms with van der Waals surface area (Å²) in [6.07, 6.45) is 1.32. The number of carboxylic acids is 1. The SMILES string of the molecule is Cl.O=C(O)C1CCN(C(=O)C2CC2c2cc(Cl)cc(Cl)c2)C1. The maximum atomic E-state index is 12.4. The Labute approximate surface area is 144 Å². The van der Waals surface area contributed by atoms with Crippen molar-refractivity contribution in [2.24, 2.45) is 11.8 Å². The normalized spacial score (nSPS) is 26.5. The predicted octanol–water partition coefficient (Wildman–Crippen LogP) is 3.45. The van der Waals surface area contributed by atoms with Crippen molar-refractivity contribution in [3.63, 3.8) is 0 Å². The predicted molar refractivity (Wildman–Crippen MR) is 86.9 cm³/mol. The molecule has 3 atom stereocenters. The molecular weight excluding hydrogens is 349 g/mol. The Morgan fingerprint density at radius 1 is 1.18 bits per heavy atom. The molecule has 2 fully saturated rings. The summed E-state index contributed by atoms with van der Waals surface area (Å²) in [5, 5.41) is 10.1. The van der Waals surface area contributed by atoms with Crippen molar-refractivity contribution < 1.29 is 14.7 Å². The van der Waals surface area contributed by atoms with Crippen LogP contribution < -0.4 is 0 Å². The Balaban J connectivity index is 0.00000176. The number of rotatable bonds is 3. The van der Waals surface area contributed by atoms with E-state index >= 15 is 0 Å². The molecule has 2 aliphatic rings. The topological polar surface area (TPSA) is 57.6 Å². The number of nitrogens with zero attached hydrogens (tertiary/aromatic N) is 1. The van der Waals surface area contributed by atoms with Crippen LogP contribution in [0.2, 0.25) is 10.0 Å². The number of carboxylic acid groups (broad SMARTS) is 1. The van der Waals surface area contributed by atoms with Crippen molar-refractivity contribution >= 4 is 47.5 Å². The van der Waals surface area contributed by atoms with Crippen molar-refractivity contribution in [2.45, 2.75) is 18.8 Å². The van der Waals surface area contributed by atoms with E-state index in [1.54, 1.807) is 11.0 Å². The molecule has 1 amide bonds. The zero-order valence-electron chi connectivity index (χ0n) is 11.7. The number of hydrogen-bond acceptors (Lipinski definition) is 2. The fraction of sp³-hybridized carbons (Fsp3) is 0.467. The van der Waals surface area contributed by atoms with Gasteiger partial charge in [0.15, 0.2) is 0 Å². The number of hydrogen-bond donors (Lipinski definition) is 1. The van der Waals surface area contributed by atoms with Gasteiger partial charge in [-0.05, 0) is 42.5 Å². The molecule has 0 aromatic heterocycles. The standard InChI is InChI=1S/C15H15Cl2NO3.ClH/c16-10-3-9(4-11(17)5-10)12-6-13(12)14(19)18-2-1-8(7-18)15(20)21;/h3-5,8,12-13H,1-2,6-7H2,(H,20,21);1H. The van der Waals surface area contributed by atoms with Crippen molar-refractivity contribution in [3.8, 4) is 0 Å². The number of benzene rings is 1. The molecule has 1 N–H and O–H groups in total. The number of amides is 1. The summed E-state index contributed by atoms with van der Waals surface area (Å²) in [7, 11) is 0. The highest BCUT2D eigenvalue weighted by atomic mass is 35.5. The molecule has 1 saturated carbocycles. The Morgan fingerprint density at radius 3 is 2.36 bits per heavy atom. The highest BCUT2D eigenvalue weighted by molar-refractivity contribution is 6.34. The summed E-state index contributed by atoms with van der Waals surface area (Å²) in [5.74, 6) is -1.10. The number of halogens is 3. The molecule has 0 bridgehead atoms. The van der Waals surface area contributed by atoms with Gasteiger partial charge < -0.3 is 10.0 Å². The first-order valence-corrected chi connectivity index (χ1v) is 7.69. The first-order valence-electron chi connectivity index (χ1n) is 6.93. The molecule has 1 aromatic carbocycles. The summed E-state index contributed by atoms with van der Waals surface area (Å²) >= 11 is 12.0. The fourth-order valence-electron chi connectivity index (χ4n) is 3.02. The molecule has 120 valence electrons. The van der Waals surface area contributed by atoms with E-state index in [4.69, 9.17) is 28.3 Å². The van der Waals surface area contributed by atoms with Crippen LogP contribution in [0.3, 0.4) is 0 Å². The van der Waals surface area contributed by atoms with Gasteiger partial charge in [-0.2, -0.15) is 0 Å². The fourth-order valence-corrected chi connectivity index (χ4v) is 3.57. The summed E-state index contributed by atoms with van der Waals surface area (Å²) in [5.41, 5.74) is 0.986. The van der Waals surface area contributed by atoms with Crippen LogP contribution in [0, 0.1) is 11.8 Å². The lowest BCUT2D eigenvalue weighted by molar-refractivity contribution is -0.141. The number of carbonyl (C=O) groups excluding carboxylic acids is 1. The van der Waals surface area contributed by atoms with Gasteiger partial charge in [-0.15, -0.1) is 12.4 Å². The number of likely N-dealkylation sites (tertiary alicyclic amines) is 1. The lowest BCUT2D eigenvalue weighted by Crippen LogP contribution is -2.31. The minimum absolute atomic E-state index is 0. The van der Waals surface area contributed by atoms with Crippen LogP contribution in [0.4, 0.5) is 0 Å².